The van der Waals surface area contributed by atoms with Gasteiger partial charge in [0.2, 0.25) is 11.8 Å². The van der Waals surface area contributed by atoms with Gasteiger partial charge >= 0.3 is 5.97 Å². The first-order chi connectivity index (χ1) is 7.47. The first kappa shape index (κ1) is 14.4. The molecule has 2 amide bonds. The van der Waals surface area contributed by atoms with Gasteiger partial charge in [-0.2, -0.15) is 0 Å². The Balaban J connectivity index is 4.19. The van der Waals surface area contributed by atoms with Crippen molar-refractivity contribution in [1.82, 2.24) is 4.90 Å². The molecule has 3 N–H and O–H groups in total. The minimum Gasteiger partial charge on any atom is -0.481 e. The van der Waals surface area contributed by atoms with E-state index in [9.17, 15) is 14.4 Å². The highest BCUT2D eigenvalue weighted by atomic mass is 16.4. The summed E-state index contributed by atoms with van der Waals surface area (Å²) in [7, 11) is 0. The van der Waals surface area contributed by atoms with E-state index in [0.717, 1.165) is 12.8 Å². The molecule has 6 nitrogen and oxygen atoms in total. The fourth-order valence-corrected chi connectivity index (χ4v) is 1.20. The molecule has 0 saturated heterocycles. The second-order valence-electron chi connectivity index (χ2n) is 3.53. The van der Waals surface area contributed by atoms with Gasteiger partial charge in [0.15, 0.2) is 0 Å². The predicted molar refractivity (Wildman–Crippen MR) is 57.6 cm³/mol. The SMILES string of the molecule is CCCCN(CC(N)=O)C(=O)CCC(=O)O. The first-order valence-electron chi connectivity index (χ1n) is 5.25. The summed E-state index contributed by atoms with van der Waals surface area (Å²) in [6, 6.07) is 0. The molecule has 0 saturated carbocycles. The zero-order valence-electron chi connectivity index (χ0n) is 9.44. The highest BCUT2D eigenvalue weighted by Crippen LogP contribution is 2.01. The summed E-state index contributed by atoms with van der Waals surface area (Å²) in [4.78, 5) is 33.9. The zero-order chi connectivity index (χ0) is 12.6. The van der Waals surface area contributed by atoms with Crippen LogP contribution in [-0.4, -0.2) is 40.9 Å². The Morgan fingerprint density at radius 1 is 1.25 bits per heavy atom. The number of carbonyl (C=O) groups excluding carboxylic acids is 2. The molecular formula is C10H18N2O4. The van der Waals surface area contributed by atoms with Crippen LogP contribution in [0.5, 0.6) is 0 Å². The van der Waals surface area contributed by atoms with E-state index in [1.807, 2.05) is 6.92 Å². The molecule has 0 aliphatic carbocycles. The van der Waals surface area contributed by atoms with Gasteiger partial charge in [0.1, 0.15) is 0 Å². The van der Waals surface area contributed by atoms with Crippen molar-refractivity contribution in [3.8, 4) is 0 Å². The maximum atomic E-state index is 11.5. The van der Waals surface area contributed by atoms with Gasteiger partial charge < -0.3 is 15.7 Å². The van der Waals surface area contributed by atoms with E-state index < -0.39 is 11.9 Å². The van der Waals surface area contributed by atoms with Crippen molar-refractivity contribution in [3.63, 3.8) is 0 Å². The van der Waals surface area contributed by atoms with Gasteiger partial charge in [0.05, 0.1) is 13.0 Å². The van der Waals surface area contributed by atoms with Crippen LogP contribution in [0.25, 0.3) is 0 Å². The lowest BCUT2D eigenvalue weighted by atomic mass is 10.2. The maximum Gasteiger partial charge on any atom is 0.303 e. The van der Waals surface area contributed by atoms with E-state index in [4.69, 9.17) is 10.8 Å². The molecule has 0 heterocycles. The van der Waals surface area contributed by atoms with E-state index >= 15 is 0 Å². The average Bonchev–Trinajstić information content (AvgIpc) is 2.20. The second kappa shape index (κ2) is 7.67. The van der Waals surface area contributed by atoms with Crippen LogP contribution in [0.15, 0.2) is 0 Å². The number of nitrogens with two attached hydrogens (primary N) is 1. The number of amides is 2. The molecule has 0 aliphatic heterocycles. The lowest BCUT2D eigenvalue weighted by Crippen LogP contribution is -2.39. The summed E-state index contributed by atoms with van der Waals surface area (Å²) in [5, 5.41) is 8.44. The monoisotopic (exact) mass is 230 g/mol. The smallest absolute Gasteiger partial charge is 0.303 e. The highest BCUT2D eigenvalue weighted by molar-refractivity contribution is 5.85. The number of hydrogen-bond donors (Lipinski definition) is 2. The van der Waals surface area contributed by atoms with Crippen molar-refractivity contribution >= 4 is 17.8 Å². The molecule has 0 atom stereocenters. The number of carboxylic acid groups (broad SMARTS) is 1. The van der Waals surface area contributed by atoms with E-state index in [0.29, 0.717) is 6.54 Å². The Hall–Kier alpha value is -1.59. The van der Waals surface area contributed by atoms with Crippen LogP contribution in [0.2, 0.25) is 0 Å². The molecule has 0 bridgehead atoms. The Labute approximate surface area is 94.4 Å². The summed E-state index contributed by atoms with van der Waals surface area (Å²) < 4.78 is 0. The van der Waals surface area contributed by atoms with Crippen molar-refractivity contribution in [1.29, 1.82) is 0 Å². The van der Waals surface area contributed by atoms with Crippen molar-refractivity contribution < 1.29 is 19.5 Å². The molecule has 92 valence electrons. The number of carboxylic acids is 1. The topological polar surface area (TPSA) is 101 Å². The van der Waals surface area contributed by atoms with E-state index in [2.05, 4.69) is 0 Å². The van der Waals surface area contributed by atoms with Gasteiger partial charge in [0, 0.05) is 13.0 Å². The summed E-state index contributed by atoms with van der Waals surface area (Å²) in [6.07, 6.45) is 1.35. The molecular weight excluding hydrogens is 212 g/mol. The molecule has 0 fully saturated rings. The number of carbonyl (C=O) groups is 3. The summed E-state index contributed by atoms with van der Waals surface area (Å²) in [5.41, 5.74) is 5.01. The molecule has 16 heavy (non-hydrogen) atoms. The normalized spacial score (nSPS) is 9.81. The highest BCUT2D eigenvalue weighted by Gasteiger charge is 2.15. The number of nitrogens with zero attached hydrogens (tertiary/aromatic N) is 1. The molecule has 0 radical (unpaired) electrons. The van der Waals surface area contributed by atoms with Gasteiger partial charge in [-0.25, -0.2) is 0 Å². The summed E-state index contributed by atoms with van der Waals surface area (Å²) >= 11 is 0. The Morgan fingerprint density at radius 3 is 2.31 bits per heavy atom. The third-order valence-corrected chi connectivity index (χ3v) is 2.03. The molecule has 0 aromatic heterocycles. The van der Waals surface area contributed by atoms with Gasteiger partial charge in [-0.1, -0.05) is 13.3 Å². The van der Waals surface area contributed by atoms with Crippen LogP contribution in [0.3, 0.4) is 0 Å². The second-order valence-corrected chi connectivity index (χ2v) is 3.53. The van der Waals surface area contributed by atoms with Crippen LogP contribution in [0.4, 0.5) is 0 Å². The fourth-order valence-electron chi connectivity index (χ4n) is 1.20. The van der Waals surface area contributed by atoms with E-state index in [1.165, 1.54) is 4.90 Å². The minimum atomic E-state index is -1.03. The lowest BCUT2D eigenvalue weighted by molar-refractivity contribution is -0.141. The van der Waals surface area contributed by atoms with Crippen molar-refractivity contribution in [2.24, 2.45) is 5.73 Å². The van der Waals surface area contributed by atoms with Crippen LogP contribution in [-0.2, 0) is 14.4 Å². The molecule has 0 aromatic rings. The van der Waals surface area contributed by atoms with Gasteiger partial charge in [0.25, 0.3) is 0 Å². The van der Waals surface area contributed by atoms with Gasteiger partial charge in [-0.15, -0.1) is 0 Å². The Morgan fingerprint density at radius 2 is 1.88 bits per heavy atom. The zero-order valence-corrected chi connectivity index (χ0v) is 9.44. The molecule has 0 rings (SSSR count). The quantitative estimate of drug-likeness (QED) is 0.611. The third-order valence-electron chi connectivity index (χ3n) is 2.03. The van der Waals surface area contributed by atoms with Crippen LogP contribution < -0.4 is 5.73 Å². The van der Waals surface area contributed by atoms with Crippen molar-refractivity contribution in [2.75, 3.05) is 13.1 Å². The number of unbranched alkanes of at least 4 members (excludes halogenated alkanes) is 1. The largest absolute Gasteiger partial charge is 0.481 e. The van der Waals surface area contributed by atoms with Crippen LogP contribution in [0.1, 0.15) is 32.6 Å². The van der Waals surface area contributed by atoms with E-state index in [-0.39, 0.29) is 25.3 Å². The molecule has 0 unspecified atom stereocenters. The van der Waals surface area contributed by atoms with Crippen LogP contribution in [0, 0.1) is 0 Å². The number of aliphatic carboxylic acids is 1. The number of rotatable bonds is 8. The summed E-state index contributed by atoms with van der Waals surface area (Å²) in [5.74, 6) is -1.95. The minimum absolute atomic E-state index is 0.0909. The number of primary amides is 1. The third kappa shape index (κ3) is 6.80. The van der Waals surface area contributed by atoms with E-state index in [1.54, 1.807) is 0 Å². The van der Waals surface area contributed by atoms with Crippen molar-refractivity contribution in [3.05, 3.63) is 0 Å². The maximum absolute atomic E-state index is 11.5. The Kier molecular flexibility index (Phi) is 6.91. The molecule has 6 heteroatoms. The van der Waals surface area contributed by atoms with Gasteiger partial charge in [-0.3, -0.25) is 14.4 Å². The standard InChI is InChI=1S/C10H18N2O4/c1-2-3-6-12(7-8(11)13)9(14)4-5-10(15)16/h2-7H2,1H3,(H2,11,13)(H,15,16). The number of hydrogen-bond acceptors (Lipinski definition) is 3. The summed E-state index contributed by atoms with van der Waals surface area (Å²) in [6.45, 7) is 2.26. The Bertz CT molecular complexity index is 266. The van der Waals surface area contributed by atoms with Gasteiger partial charge in [-0.05, 0) is 6.42 Å². The predicted octanol–water partition coefficient (Wildman–Crippen LogP) is -0.0348. The van der Waals surface area contributed by atoms with Crippen molar-refractivity contribution in [2.45, 2.75) is 32.6 Å². The lowest BCUT2D eigenvalue weighted by Gasteiger charge is -2.20. The molecule has 0 aromatic carbocycles. The fraction of sp³-hybridized carbons (Fsp3) is 0.700. The average molecular weight is 230 g/mol. The molecule has 0 spiro atoms. The first-order valence-corrected chi connectivity index (χ1v) is 5.25. The van der Waals surface area contributed by atoms with Crippen LogP contribution >= 0.6 is 0 Å². The molecule has 0 aliphatic rings.